The Morgan fingerprint density at radius 2 is 1.89 bits per heavy atom. The van der Waals surface area contributed by atoms with Crippen molar-refractivity contribution in [3.8, 4) is 0 Å². The lowest BCUT2D eigenvalue weighted by molar-refractivity contribution is -0.136. The van der Waals surface area contributed by atoms with Crippen molar-refractivity contribution in [1.29, 1.82) is 0 Å². The minimum absolute atomic E-state index is 0.0629. The summed E-state index contributed by atoms with van der Waals surface area (Å²) in [5, 5.41) is 14.6. The largest absolute Gasteiger partial charge is 0.481 e. The van der Waals surface area contributed by atoms with Crippen LogP contribution in [0.4, 0.5) is 11.6 Å². The summed E-state index contributed by atoms with van der Waals surface area (Å²) in [7, 11) is 4.00. The summed E-state index contributed by atoms with van der Waals surface area (Å²) >= 11 is 0. The Morgan fingerprint density at radius 3 is 2.44 bits per heavy atom. The molecule has 0 aliphatic heterocycles. The summed E-state index contributed by atoms with van der Waals surface area (Å²) in [5.74, 6) is 0.518. The van der Waals surface area contributed by atoms with Crippen molar-refractivity contribution in [2.24, 2.45) is 0 Å². The molecule has 0 aliphatic rings. The number of aromatic nitrogens is 2. The Labute approximate surface area is 106 Å². The lowest BCUT2D eigenvalue weighted by Crippen LogP contribution is -2.21. The van der Waals surface area contributed by atoms with Gasteiger partial charge in [0.15, 0.2) is 0 Å². The molecule has 3 N–H and O–H groups in total. The van der Waals surface area contributed by atoms with E-state index in [9.17, 15) is 4.79 Å². The topological polar surface area (TPSA) is 90.4 Å². The number of hydrogen-bond donors (Lipinski definition) is 3. The number of aliphatic carboxylic acids is 1. The van der Waals surface area contributed by atoms with Crippen LogP contribution in [0.1, 0.15) is 6.42 Å². The Hall–Kier alpha value is -1.89. The molecule has 18 heavy (non-hydrogen) atoms. The zero-order chi connectivity index (χ0) is 13.4. The van der Waals surface area contributed by atoms with Gasteiger partial charge in [0.25, 0.3) is 0 Å². The summed E-state index contributed by atoms with van der Waals surface area (Å²) in [6.07, 6.45) is 1.51. The molecule has 0 radical (unpaired) electrons. The normalized spacial score (nSPS) is 10.4. The molecule has 0 amide bonds. The first kappa shape index (κ1) is 14.2. The van der Waals surface area contributed by atoms with E-state index in [0.29, 0.717) is 12.4 Å². The number of nitrogens with one attached hydrogen (secondary N) is 2. The predicted octanol–water partition coefficient (Wildman–Crippen LogP) is 0.337. The molecule has 0 aromatic carbocycles. The van der Waals surface area contributed by atoms with Crippen molar-refractivity contribution in [3.63, 3.8) is 0 Å². The van der Waals surface area contributed by atoms with Gasteiger partial charge in [-0.2, -0.15) is 0 Å². The molecule has 0 atom stereocenters. The van der Waals surface area contributed by atoms with Crippen LogP contribution < -0.4 is 10.6 Å². The van der Waals surface area contributed by atoms with Crippen molar-refractivity contribution in [3.05, 3.63) is 12.4 Å². The number of anilines is 2. The monoisotopic (exact) mass is 253 g/mol. The predicted molar refractivity (Wildman–Crippen MR) is 69.8 cm³/mol. The van der Waals surface area contributed by atoms with E-state index >= 15 is 0 Å². The minimum atomic E-state index is -0.833. The Morgan fingerprint density at radius 1 is 1.28 bits per heavy atom. The number of carboxylic acid groups (broad SMARTS) is 1. The quantitative estimate of drug-likeness (QED) is 0.615. The zero-order valence-electron chi connectivity index (χ0n) is 10.7. The molecule has 100 valence electrons. The lowest BCUT2D eigenvalue weighted by Gasteiger charge is -2.11. The summed E-state index contributed by atoms with van der Waals surface area (Å²) in [6, 6.07) is 1.76. The number of carbonyl (C=O) groups is 1. The van der Waals surface area contributed by atoms with Crippen LogP contribution in [0.15, 0.2) is 12.4 Å². The molecule has 0 aliphatic carbocycles. The first-order chi connectivity index (χ1) is 8.58. The standard InChI is InChI=1S/C11H19N5O2/c1-16(2)6-5-13-10-7-9(14-8-15-10)12-4-3-11(17)18/h7-8H,3-6H2,1-2H3,(H,17,18)(H2,12,13,14,15). The number of carboxylic acids is 1. The maximum Gasteiger partial charge on any atom is 0.305 e. The van der Waals surface area contributed by atoms with E-state index in [2.05, 4.69) is 25.5 Å². The van der Waals surface area contributed by atoms with Gasteiger partial charge in [0.1, 0.15) is 18.0 Å². The fourth-order valence-electron chi connectivity index (χ4n) is 1.26. The van der Waals surface area contributed by atoms with Gasteiger partial charge in [-0.15, -0.1) is 0 Å². The van der Waals surface area contributed by atoms with Gasteiger partial charge in [-0.05, 0) is 14.1 Å². The highest BCUT2D eigenvalue weighted by molar-refractivity contribution is 5.67. The van der Waals surface area contributed by atoms with Gasteiger partial charge in [0.2, 0.25) is 0 Å². The van der Waals surface area contributed by atoms with Gasteiger partial charge in [0.05, 0.1) is 6.42 Å². The highest BCUT2D eigenvalue weighted by Crippen LogP contribution is 2.07. The van der Waals surface area contributed by atoms with Crippen LogP contribution >= 0.6 is 0 Å². The molecule has 1 aromatic rings. The molecular formula is C11H19N5O2. The van der Waals surface area contributed by atoms with Crippen LogP contribution in [-0.2, 0) is 4.79 Å². The third-order valence-electron chi connectivity index (χ3n) is 2.18. The maximum atomic E-state index is 10.4. The fourth-order valence-corrected chi connectivity index (χ4v) is 1.26. The van der Waals surface area contributed by atoms with Crippen molar-refractivity contribution in [2.45, 2.75) is 6.42 Å². The highest BCUT2D eigenvalue weighted by Gasteiger charge is 2.00. The molecule has 0 bridgehead atoms. The lowest BCUT2D eigenvalue weighted by atomic mass is 10.4. The zero-order valence-corrected chi connectivity index (χ0v) is 10.7. The summed E-state index contributed by atoms with van der Waals surface area (Å²) in [6.45, 7) is 2.05. The van der Waals surface area contributed by atoms with Crippen LogP contribution in [0, 0.1) is 0 Å². The molecule has 1 heterocycles. The van der Waals surface area contributed by atoms with Crippen LogP contribution in [0.3, 0.4) is 0 Å². The molecule has 0 spiro atoms. The Bertz CT molecular complexity index is 383. The number of nitrogens with zero attached hydrogens (tertiary/aromatic N) is 3. The molecular weight excluding hydrogens is 234 g/mol. The average molecular weight is 253 g/mol. The molecule has 0 saturated heterocycles. The van der Waals surface area contributed by atoms with Gasteiger partial charge in [-0.1, -0.05) is 0 Å². The number of likely N-dealkylation sites (N-methyl/N-ethyl adjacent to an activating group) is 1. The average Bonchev–Trinajstić information content (AvgIpc) is 2.28. The van der Waals surface area contributed by atoms with Crippen LogP contribution in [0.5, 0.6) is 0 Å². The fraction of sp³-hybridized carbons (Fsp3) is 0.545. The molecule has 1 rings (SSSR count). The third-order valence-corrected chi connectivity index (χ3v) is 2.18. The SMILES string of the molecule is CN(C)CCNc1cc(NCCC(=O)O)ncn1. The first-order valence-corrected chi connectivity index (χ1v) is 5.74. The third kappa shape index (κ3) is 6.00. The summed E-state index contributed by atoms with van der Waals surface area (Å²) in [4.78, 5) is 20.5. The van der Waals surface area contributed by atoms with E-state index in [1.54, 1.807) is 6.07 Å². The van der Waals surface area contributed by atoms with Crippen molar-refractivity contribution < 1.29 is 9.90 Å². The molecule has 7 nitrogen and oxygen atoms in total. The van der Waals surface area contributed by atoms with E-state index in [4.69, 9.17) is 5.11 Å². The number of rotatable bonds is 8. The van der Waals surface area contributed by atoms with Crippen molar-refractivity contribution in [2.75, 3.05) is 44.4 Å². The van der Waals surface area contributed by atoms with E-state index in [1.165, 1.54) is 6.33 Å². The molecule has 7 heteroatoms. The van der Waals surface area contributed by atoms with Crippen molar-refractivity contribution >= 4 is 17.6 Å². The van der Waals surface area contributed by atoms with Gasteiger partial charge in [-0.3, -0.25) is 4.79 Å². The molecule has 0 fully saturated rings. The van der Waals surface area contributed by atoms with Gasteiger partial charge in [-0.25, -0.2) is 9.97 Å². The smallest absolute Gasteiger partial charge is 0.305 e. The Balaban J connectivity index is 2.39. The second kappa shape index (κ2) is 7.44. The number of hydrogen-bond acceptors (Lipinski definition) is 6. The van der Waals surface area contributed by atoms with E-state index in [1.807, 2.05) is 14.1 Å². The molecule has 0 unspecified atom stereocenters. The van der Waals surface area contributed by atoms with E-state index in [0.717, 1.165) is 18.9 Å². The van der Waals surface area contributed by atoms with E-state index < -0.39 is 5.97 Å². The second-order valence-corrected chi connectivity index (χ2v) is 4.09. The van der Waals surface area contributed by atoms with Crippen molar-refractivity contribution in [1.82, 2.24) is 14.9 Å². The van der Waals surface area contributed by atoms with Crippen LogP contribution in [0.25, 0.3) is 0 Å². The molecule has 0 saturated carbocycles. The van der Waals surface area contributed by atoms with Gasteiger partial charge < -0.3 is 20.6 Å². The van der Waals surface area contributed by atoms with Crippen LogP contribution in [-0.4, -0.2) is 59.7 Å². The van der Waals surface area contributed by atoms with Crippen LogP contribution in [0.2, 0.25) is 0 Å². The minimum Gasteiger partial charge on any atom is -0.481 e. The maximum absolute atomic E-state index is 10.4. The first-order valence-electron chi connectivity index (χ1n) is 5.74. The van der Waals surface area contributed by atoms with E-state index in [-0.39, 0.29) is 6.42 Å². The van der Waals surface area contributed by atoms with Gasteiger partial charge >= 0.3 is 5.97 Å². The molecule has 1 aromatic heterocycles. The second-order valence-electron chi connectivity index (χ2n) is 4.09. The van der Waals surface area contributed by atoms with Gasteiger partial charge in [0, 0.05) is 25.7 Å². The summed E-state index contributed by atoms with van der Waals surface area (Å²) in [5.41, 5.74) is 0. The summed E-state index contributed by atoms with van der Waals surface area (Å²) < 4.78 is 0. The highest BCUT2D eigenvalue weighted by atomic mass is 16.4. The Kier molecular flexibility index (Phi) is 5.86.